The first kappa shape index (κ1) is 16.9. The maximum absolute atomic E-state index is 9.67. The van der Waals surface area contributed by atoms with Gasteiger partial charge in [-0.25, -0.2) is 4.98 Å². The van der Waals surface area contributed by atoms with E-state index in [2.05, 4.69) is 15.3 Å². The van der Waals surface area contributed by atoms with Gasteiger partial charge in [-0.15, -0.1) is 17.0 Å². The molecule has 7 heteroatoms. The summed E-state index contributed by atoms with van der Waals surface area (Å²) in [6.07, 6.45) is 3.53. The number of aliphatic imine (C=N–C) groups is 1. The second-order valence-electron chi connectivity index (χ2n) is 4.70. The van der Waals surface area contributed by atoms with Crippen LogP contribution in [0.5, 0.6) is 0 Å². The lowest BCUT2D eigenvalue weighted by Crippen LogP contribution is -2.27. The van der Waals surface area contributed by atoms with E-state index in [0.29, 0.717) is 18.3 Å². The topological polar surface area (TPSA) is 92.8 Å². The molecule has 112 valence electrons. The van der Waals surface area contributed by atoms with Crippen LogP contribution in [-0.2, 0) is 4.74 Å². The van der Waals surface area contributed by atoms with Crippen LogP contribution in [0.4, 0.5) is 5.82 Å². The van der Waals surface area contributed by atoms with Gasteiger partial charge in [0.25, 0.3) is 0 Å². The minimum atomic E-state index is -0.622. The fourth-order valence-electron chi connectivity index (χ4n) is 1.52. The number of pyridine rings is 1. The van der Waals surface area contributed by atoms with E-state index in [4.69, 9.17) is 10.5 Å². The van der Waals surface area contributed by atoms with Crippen LogP contribution < -0.4 is 11.1 Å². The molecule has 0 saturated heterocycles. The number of aliphatic hydroxyl groups is 1. The molecule has 2 rings (SSSR count). The maximum atomic E-state index is 9.67. The molecule has 0 aliphatic heterocycles. The zero-order chi connectivity index (χ0) is 13.5. The number of nitrogens with zero attached hydrogens (tertiary/aromatic N) is 2. The van der Waals surface area contributed by atoms with Crippen LogP contribution in [0.15, 0.2) is 29.4 Å². The Labute approximate surface area is 129 Å². The predicted molar refractivity (Wildman–Crippen MR) is 84.2 cm³/mol. The van der Waals surface area contributed by atoms with Gasteiger partial charge in [0.2, 0.25) is 0 Å². The normalized spacial score (nSPS) is 16.4. The lowest BCUT2D eigenvalue weighted by molar-refractivity contribution is 0.0369. The Morgan fingerprint density at radius 1 is 1.55 bits per heavy atom. The Kier molecular flexibility index (Phi) is 7.50. The van der Waals surface area contributed by atoms with Crippen LogP contribution in [0.2, 0.25) is 0 Å². The molecule has 1 aromatic rings. The molecule has 0 bridgehead atoms. The molecular weight excluding hydrogens is 324 g/mol. The summed E-state index contributed by atoms with van der Waals surface area (Å²) in [7, 11) is 0. The van der Waals surface area contributed by atoms with Crippen molar-refractivity contribution >= 4 is 28.8 Å². The van der Waals surface area contributed by atoms with Gasteiger partial charge in [-0.3, -0.25) is 4.99 Å². The van der Waals surface area contributed by atoms with Gasteiger partial charge >= 0.3 is 0 Å². The molecule has 1 saturated carbocycles. The van der Waals surface area contributed by atoms with E-state index in [1.165, 1.54) is 12.8 Å². The van der Waals surface area contributed by atoms with Crippen molar-refractivity contribution < 1.29 is 9.84 Å². The fraction of sp³-hybridized carbons (Fsp3) is 0.538. The van der Waals surface area contributed by atoms with E-state index in [1.54, 1.807) is 12.3 Å². The largest absolute Gasteiger partial charge is 0.389 e. The Hall–Kier alpha value is -1.18. The first-order chi connectivity index (χ1) is 9.24. The highest BCUT2D eigenvalue weighted by molar-refractivity contribution is 8.93. The van der Waals surface area contributed by atoms with Crippen molar-refractivity contribution in [1.29, 1.82) is 0 Å². The smallest absolute Gasteiger partial charge is 0.194 e. The molecule has 1 aliphatic rings. The minimum absolute atomic E-state index is 0. The molecular formula is C13H21BrN4O2. The Balaban J connectivity index is 0.00000200. The zero-order valence-corrected chi connectivity index (χ0v) is 12.9. The third-order valence-electron chi connectivity index (χ3n) is 2.75. The van der Waals surface area contributed by atoms with Crippen LogP contribution >= 0.6 is 17.0 Å². The quantitative estimate of drug-likeness (QED) is 0.510. The molecule has 1 atom stereocenters. The number of hydrogen-bond donors (Lipinski definition) is 3. The number of nitrogens with two attached hydrogens (primary N) is 1. The van der Waals surface area contributed by atoms with Crippen LogP contribution in [0, 0.1) is 5.92 Å². The molecule has 0 aromatic carbocycles. The summed E-state index contributed by atoms with van der Waals surface area (Å²) in [4.78, 5) is 8.11. The average Bonchev–Trinajstić information content (AvgIpc) is 3.22. The highest BCUT2D eigenvalue weighted by Gasteiger charge is 2.21. The van der Waals surface area contributed by atoms with Crippen molar-refractivity contribution in [1.82, 2.24) is 4.98 Å². The maximum Gasteiger partial charge on any atom is 0.194 e. The standard InChI is InChI=1S/C13H20N4O2.BrH/c14-13(17-12-3-1-2-6-15-12)16-7-11(18)9-19-8-10-4-5-10;/h1-3,6,10-11,18H,4-5,7-9H2,(H3,14,15,16,17);1H. The predicted octanol–water partition coefficient (Wildman–Crippen LogP) is 1.17. The molecule has 6 nitrogen and oxygen atoms in total. The molecule has 1 fully saturated rings. The van der Waals surface area contributed by atoms with Gasteiger partial charge in [0.05, 0.1) is 19.3 Å². The van der Waals surface area contributed by atoms with Crippen molar-refractivity contribution in [2.75, 3.05) is 25.1 Å². The number of guanidine groups is 1. The summed E-state index contributed by atoms with van der Waals surface area (Å²) >= 11 is 0. The molecule has 1 aliphatic carbocycles. The number of aliphatic hydroxyl groups excluding tert-OH is 1. The average molecular weight is 345 g/mol. The number of halogens is 1. The van der Waals surface area contributed by atoms with E-state index in [1.807, 2.05) is 12.1 Å². The second-order valence-corrected chi connectivity index (χ2v) is 4.70. The Morgan fingerprint density at radius 2 is 2.35 bits per heavy atom. The number of hydrogen-bond acceptors (Lipinski definition) is 4. The molecule has 1 unspecified atom stereocenters. The highest BCUT2D eigenvalue weighted by atomic mass is 79.9. The number of aromatic nitrogens is 1. The minimum Gasteiger partial charge on any atom is -0.389 e. The zero-order valence-electron chi connectivity index (χ0n) is 11.2. The first-order valence-corrected chi connectivity index (χ1v) is 6.48. The molecule has 1 aromatic heterocycles. The van der Waals surface area contributed by atoms with Gasteiger partial charge in [-0.1, -0.05) is 6.07 Å². The van der Waals surface area contributed by atoms with Crippen LogP contribution in [0.1, 0.15) is 12.8 Å². The molecule has 0 radical (unpaired) electrons. The van der Waals surface area contributed by atoms with Gasteiger partial charge in [0, 0.05) is 12.8 Å². The third-order valence-corrected chi connectivity index (χ3v) is 2.75. The Bertz CT molecular complexity index is 412. The number of anilines is 1. The summed E-state index contributed by atoms with van der Waals surface area (Å²) in [5.41, 5.74) is 5.69. The van der Waals surface area contributed by atoms with Crippen molar-refractivity contribution in [3.8, 4) is 0 Å². The molecule has 1 heterocycles. The van der Waals surface area contributed by atoms with Gasteiger partial charge in [-0.05, 0) is 30.9 Å². The summed E-state index contributed by atoms with van der Waals surface area (Å²) in [6, 6.07) is 5.46. The van der Waals surface area contributed by atoms with E-state index in [0.717, 1.165) is 6.61 Å². The molecule has 20 heavy (non-hydrogen) atoms. The van der Waals surface area contributed by atoms with E-state index >= 15 is 0 Å². The fourth-order valence-corrected chi connectivity index (χ4v) is 1.52. The lowest BCUT2D eigenvalue weighted by Gasteiger charge is -2.09. The van der Waals surface area contributed by atoms with Crippen LogP contribution in [0.25, 0.3) is 0 Å². The van der Waals surface area contributed by atoms with Crippen molar-refractivity contribution in [2.24, 2.45) is 16.6 Å². The van der Waals surface area contributed by atoms with Gasteiger partial charge in [0.1, 0.15) is 5.82 Å². The summed E-state index contributed by atoms with van der Waals surface area (Å²) in [5.74, 6) is 1.56. The van der Waals surface area contributed by atoms with E-state index < -0.39 is 6.10 Å². The van der Waals surface area contributed by atoms with Gasteiger partial charge in [-0.2, -0.15) is 0 Å². The number of ether oxygens (including phenoxy) is 1. The first-order valence-electron chi connectivity index (χ1n) is 6.48. The van der Waals surface area contributed by atoms with Crippen molar-refractivity contribution in [2.45, 2.75) is 18.9 Å². The van der Waals surface area contributed by atoms with Crippen LogP contribution in [0.3, 0.4) is 0 Å². The monoisotopic (exact) mass is 344 g/mol. The van der Waals surface area contributed by atoms with Crippen LogP contribution in [-0.4, -0.2) is 41.9 Å². The molecule has 0 spiro atoms. The van der Waals surface area contributed by atoms with E-state index in [-0.39, 0.29) is 29.5 Å². The van der Waals surface area contributed by atoms with Crippen molar-refractivity contribution in [3.63, 3.8) is 0 Å². The number of rotatable bonds is 7. The van der Waals surface area contributed by atoms with Gasteiger partial charge in [0.15, 0.2) is 5.96 Å². The van der Waals surface area contributed by atoms with Gasteiger partial charge < -0.3 is 20.9 Å². The SMILES string of the molecule is Br.NC(=NCC(O)COCC1CC1)Nc1ccccn1. The molecule has 4 N–H and O–H groups in total. The summed E-state index contributed by atoms with van der Waals surface area (Å²) in [5, 5.41) is 12.5. The van der Waals surface area contributed by atoms with Crippen molar-refractivity contribution in [3.05, 3.63) is 24.4 Å². The second kappa shape index (κ2) is 8.89. The summed E-state index contributed by atoms with van der Waals surface area (Å²) in [6.45, 7) is 1.26. The lowest BCUT2D eigenvalue weighted by atomic mass is 10.4. The molecule has 0 amide bonds. The third kappa shape index (κ3) is 6.83. The Morgan fingerprint density at radius 3 is 3.00 bits per heavy atom. The number of nitrogens with one attached hydrogen (secondary N) is 1. The van der Waals surface area contributed by atoms with E-state index in [9.17, 15) is 5.11 Å². The highest BCUT2D eigenvalue weighted by Crippen LogP contribution is 2.28. The summed E-state index contributed by atoms with van der Waals surface area (Å²) < 4.78 is 5.38.